The topological polar surface area (TPSA) is 73.6 Å². The molecule has 0 unspecified atom stereocenters. The Morgan fingerprint density at radius 2 is 2.05 bits per heavy atom. The molecule has 1 amide bonds. The molecule has 6 heteroatoms. The van der Waals surface area contributed by atoms with Gasteiger partial charge in [-0.25, -0.2) is 0 Å². The lowest BCUT2D eigenvalue weighted by Crippen LogP contribution is -2.16. The normalized spacial score (nSPS) is 10.3. The summed E-state index contributed by atoms with van der Waals surface area (Å²) in [7, 11) is 3.13. The van der Waals surface area contributed by atoms with Crippen molar-refractivity contribution in [1.29, 1.82) is 0 Å². The fourth-order valence-corrected chi connectivity index (χ4v) is 2.14. The van der Waals surface area contributed by atoms with Crippen LogP contribution in [0.1, 0.15) is 24.8 Å². The average Bonchev–Trinajstić information content (AvgIpc) is 2.43. The molecular weight excluding hydrogens is 280 g/mol. The van der Waals surface area contributed by atoms with Gasteiger partial charge in [-0.1, -0.05) is 17.7 Å². The van der Waals surface area contributed by atoms with Crippen molar-refractivity contribution >= 4 is 17.5 Å². The minimum absolute atomic E-state index is 0.257. The second kappa shape index (κ2) is 8.66. The number of nitrogens with one attached hydrogen (secondary N) is 1. The van der Waals surface area contributed by atoms with E-state index in [-0.39, 0.29) is 5.91 Å². The van der Waals surface area contributed by atoms with Gasteiger partial charge in [-0.3, -0.25) is 4.79 Å². The van der Waals surface area contributed by atoms with Crippen LogP contribution in [-0.2, 0) is 11.3 Å². The van der Waals surface area contributed by atoms with E-state index in [9.17, 15) is 4.79 Å². The minimum Gasteiger partial charge on any atom is -0.493 e. The zero-order valence-electron chi connectivity index (χ0n) is 11.9. The number of primary amides is 1. The van der Waals surface area contributed by atoms with Gasteiger partial charge in [-0.15, -0.1) is 0 Å². The molecule has 112 valence electrons. The van der Waals surface area contributed by atoms with E-state index in [1.807, 2.05) is 12.1 Å². The second-order valence-electron chi connectivity index (χ2n) is 4.37. The standard InChI is InChI=1S/C14H21ClN2O3/c1-19-11-7-6-10(13(15)14(11)20-2)9-17-8-4-3-5-12(16)18/h6-7,17H,3-5,8-9H2,1-2H3,(H2,16,18). The van der Waals surface area contributed by atoms with Crippen LogP contribution in [0.25, 0.3) is 0 Å². The molecule has 5 nitrogen and oxygen atoms in total. The number of carbonyl (C=O) groups excluding carboxylic acids is 1. The maximum absolute atomic E-state index is 10.6. The second-order valence-corrected chi connectivity index (χ2v) is 4.75. The maximum atomic E-state index is 10.6. The Labute approximate surface area is 124 Å². The molecule has 0 fully saturated rings. The van der Waals surface area contributed by atoms with Gasteiger partial charge in [0, 0.05) is 13.0 Å². The lowest BCUT2D eigenvalue weighted by atomic mass is 10.2. The van der Waals surface area contributed by atoms with E-state index in [2.05, 4.69) is 5.32 Å². The first-order valence-electron chi connectivity index (χ1n) is 6.48. The quantitative estimate of drug-likeness (QED) is 0.685. The van der Waals surface area contributed by atoms with E-state index >= 15 is 0 Å². The van der Waals surface area contributed by atoms with Gasteiger partial charge >= 0.3 is 0 Å². The molecule has 0 aliphatic carbocycles. The Bertz CT molecular complexity index is 452. The summed E-state index contributed by atoms with van der Waals surface area (Å²) in [6.07, 6.45) is 2.12. The molecule has 20 heavy (non-hydrogen) atoms. The molecule has 0 aliphatic rings. The van der Waals surface area contributed by atoms with E-state index in [0.29, 0.717) is 29.5 Å². The van der Waals surface area contributed by atoms with Crippen molar-refractivity contribution in [3.05, 3.63) is 22.7 Å². The number of carbonyl (C=O) groups is 1. The third-order valence-electron chi connectivity index (χ3n) is 2.91. The summed E-state index contributed by atoms with van der Waals surface area (Å²) in [5, 5.41) is 3.82. The molecule has 3 N–H and O–H groups in total. The summed E-state index contributed by atoms with van der Waals surface area (Å²) in [4.78, 5) is 10.6. The molecule has 1 aromatic carbocycles. The van der Waals surface area contributed by atoms with Crippen LogP contribution < -0.4 is 20.5 Å². The highest BCUT2D eigenvalue weighted by molar-refractivity contribution is 6.33. The molecule has 0 saturated heterocycles. The fourth-order valence-electron chi connectivity index (χ4n) is 1.84. The molecule has 1 aromatic rings. The van der Waals surface area contributed by atoms with Crippen molar-refractivity contribution in [3.63, 3.8) is 0 Å². The van der Waals surface area contributed by atoms with E-state index in [1.165, 1.54) is 0 Å². The molecule has 0 saturated carbocycles. The first kappa shape index (κ1) is 16.6. The van der Waals surface area contributed by atoms with E-state index < -0.39 is 0 Å². The van der Waals surface area contributed by atoms with Gasteiger partial charge in [-0.2, -0.15) is 0 Å². The number of hydrogen-bond donors (Lipinski definition) is 2. The summed E-state index contributed by atoms with van der Waals surface area (Å²) in [6, 6.07) is 3.73. The fraction of sp³-hybridized carbons (Fsp3) is 0.500. The number of benzene rings is 1. The third-order valence-corrected chi connectivity index (χ3v) is 3.32. The molecule has 0 bridgehead atoms. The molecular formula is C14H21ClN2O3. The average molecular weight is 301 g/mol. The molecule has 0 aliphatic heterocycles. The Morgan fingerprint density at radius 3 is 2.65 bits per heavy atom. The molecule has 0 heterocycles. The first-order valence-corrected chi connectivity index (χ1v) is 6.86. The summed E-state index contributed by atoms with van der Waals surface area (Å²) in [5.74, 6) is 0.901. The van der Waals surface area contributed by atoms with Gasteiger partial charge in [0.15, 0.2) is 11.5 Å². The number of nitrogens with two attached hydrogens (primary N) is 1. The number of amides is 1. The number of rotatable bonds is 9. The molecule has 0 spiro atoms. The van der Waals surface area contributed by atoms with Gasteiger partial charge in [0.1, 0.15) is 0 Å². The summed E-state index contributed by atoms with van der Waals surface area (Å²) < 4.78 is 10.4. The van der Waals surface area contributed by atoms with Gasteiger partial charge in [0.05, 0.1) is 19.2 Å². The molecule has 0 aromatic heterocycles. The van der Waals surface area contributed by atoms with Crippen LogP contribution >= 0.6 is 11.6 Å². The van der Waals surface area contributed by atoms with Gasteiger partial charge < -0.3 is 20.5 Å². The van der Waals surface area contributed by atoms with Crippen molar-refractivity contribution in [3.8, 4) is 11.5 Å². The van der Waals surface area contributed by atoms with Crippen LogP contribution in [-0.4, -0.2) is 26.7 Å². The van der Waals surface area contributed by atoms with Crippen molar-refractivity contribution in [1.82, 2.24) is 5.32 Å². The molecule has 1 rings (SSSR count). The minimum atomic E-state index is -0.257. The van der Waals surface area contributed by atoms with E-state index in [0.717, 1.165) is 24.9 Å². The van der Waals surface area contributed by atoms with Crippen LogP contribution in [0.15, 0.2) is 12.1 Å². The van der Waals surface area contributed by atoms with Crippen LogP contribution in [0.2, 0.25) is 5.02 Å². The van der Waals surface area contributed by atoms with Gasteiger partial charge in [-0.05, 0) is 31.0 Å². The number of halogens is 1. The van der Waals surface area contributed by atoms with Gasteiger partial charge in [0.25, 0.3) is 0 Å². The summed E-state index contributed by atoms with van der Waals surface area (Å²) in [5.41, 5.74) is 6.02. The Morgan fingerprint density at radius 1 is 1.30 bits per heavy atom. The number of unbranched alkanes of at least 4 members (excludes halogenated alkanes) is 1. The number of methoxy groups -OCH3 is 2. The number of hydrogen-bond acceptors (Lipinski definition) is 4. The van der Waals surface area contributed by atoms with Crippen molar-refractivity contribution in [2.24, 2.45) is 5.73 Å². The summed E-state index contributed by atoms with van der Waals surface area (Å²) >= 11 is 6.27. The van der Waals surface area contributed by atoms with Crippen LogP contribution in [0.3, 0.4) is 0 Å². The van der Waals surface area contributed by atoms with Crippen LogP contribution in [0, 0.1) is 0 Å². The van der Waals surface area contributed by atoms with E-state index in [1.54, 1.807) is 14.2 Å². The maximum Gasteiger partial charge on any atom is 0.217 e. The summed E-state index contributed by atoms with van der Waals surface area (Å²) in [6.45, 7) is 1.44. The number of ether oxygens (including phenoxy) is 2. The Hall–Kier alpha value is -1.46. The highest BCUT2D eigenvalue weighted by Gasteiger charge is 2.12. The lowest BCUT2D eigenvalue weighted by molar-refractivity contribution is -0.118. The first-order chi connectivity index (χ1) is 9.60. The predicted octanol–water partition coefficient (Wildman–Crippen LogP) is 2.10. The SMILES string of the molecule is COc1ccc(CNCCCCC(N)=O)c(Cl)c1OC. The smallest absolute Gasteiger partial charge is 0.217 e. The van der Waals surface area contributed by atoms with Gasteiger partial charge in [0.2, 0.25) is 5.91 Å². The van der Waals surface area contributed by atoms with E-state index in [4.69, 9.17) is 26.8 Å². The van der Waals surface area contributed by atoms with Crippen LogP contribution in [0.5, 0.6) is 11.5 Å². The van der Waals surface area contributed by atoms with Crippen molar-refractivity contribution < 1.29 is 14.3 Å². The Balaban J connectivity index is 2.46. The third kappa shape index (κ3) is 4.90. The largest absolute Gasteiger partial charge is 0.493 e. The predicted molar refractivity (Wildman–Crippen MR) is 79.3 cm³/mol. The van der Waals surface area contributed by atoms with Crippen molar-refractivity contribution in [2.75, 3.05) is 20.8 Å². The zero-order valence-corrected chi connectivity index (χ0v) is 12.6. The molecule has 0 radical (unpaired) electrons. The lowest BCUT2D eigenvalue weighted by Gasteiger charge is -2.13. The monoisotopic (exact) mass is 300 g/mol. The highest BCUT2D eigenvalue weighted by atomic mass is 35.5. The highest BCUT2D eigenvalue weighted by Crippen LogP contribution is 2.37. The molecule has 0 atom stereocenters. The van der Waals surface area contributed by atoms with Crippen LogP contribution in [0.4, 0.5) is 0 Å². The van der Waals surface area contributed by atoms with Crippen molar-refractivity contribution in [2.45, 2.75) is 25.8 Å². The Kier molecular flexibility index (Phi) is 7.18. The zero-order chi connectivity index (χ0) is 15.0.